The average Bonchev–Trinajstić information content (AvgIpc) is 2.78. The second kappa shape index (κ2) is 4.23. The predicted octanol–water partition coefficient (Wildman–Crippen LogP) is 3.01. The molecular weight excluding hydrogens is 208 g/mol. The monoisotopic (exact) mass is 218 g/mol. The quantitative estimate of drug-likeness (QED) is 0.478. The number of thiazole rings is 1. The van der Waals surface area contributed by atoms with Crippen LogP contribution in [0.2, 0.25) is 0 Å². The number of hydrogen-bond acceptors (Lipinski definition) is 4. The fourth-order valence-electron chi connectivity index (χ4n) is 1.20. The molecule has 0 aliphatic rings. The highest BCUT2D eigenvalue weighted by Crippen LogP contribution is 2.23. The van der Waals surface area contributed by atoms with Gasteiger partial charge in [-0.3, -0.25) is 0 Å². The number of aromatic nitrogens is 1. The molecule has 76 valence electrons. The molecule has 0 spiro atoms. The van der Waals surface area contributed by atoms with E-state index in [4.69, 9.17) is 5.21 Å². The van der Waals surface area contributed by atoms with E-state index in [0.717, 1.165) is 16.3 Å². The Bertz CT molecular complexity index is 476. The van der Waals surface area contributed by atoms with E-state index in [1.54, 1.807) is 18.3 Å². The first kappa shape index (κ1) is 9.86. The minimum Gasteiger partial charge on any atom is -0.411 e. The molecule has 15 heavy (non-hydrogen) atoms. The third-order valence-electron chi connectivity index (χ3n) is 2.05. The molecule has 1 heterocycles. The molecule has 0 aliphatic heterocycles. The Labute approximate surface area is 91.7 Å². The Morgan fingerprint density at radius 3 is 2.73 bits per heavy atom. The van der Waals surface area contributed by atoms with Crippen molar-refractivity contribution in [3.63, 3.8) is 0 Å². The smallest absolute Gasteiger partial charge is 0.124 e. The molecule has 0 fully saturated rings. The molecule has 0 saturated heterocycles. The number of rotatable bonds is 2. The molecule has 0 unspecified atom stereocenters. The van der Waals surface area contributed by atoms with E-state index in [-0.39, 0.29) is 0 Å². The lowest BCUT2D eigenvalue weighted by molar-refractivity contribution is 0.319. The predicted molar refractivity (Wildman–Crippen MR) is 61.5 cm³/mol. The Morgan fingerprint density at radius 2 is 2.07 bits per heavy atom. The Balaban J connectivity index is 2.36. The van der Waals surface area contributed by atoms with Crippen molar-refractivity contribution < 1.29 is 5.21 Å². The van der Waals surface area contributed by atoms with E-state index in [1.807, 2.05) is 35.7 Å². The van der Waals surface area contributed by atoms with Crippen molar-refractivity contribution in [3.8, 4) is 10.6 Å². The van der Waals surface area contributed by atoms with E-state index in [0.29, 0.717) is 5.71 Å². The SMILES string of the molecule is C/C(=N\O)c1csc(-c2ccccc2)n1. The standard InChI is InChI=1S/C11H10N2OS/c1-8(13-14)10-7-15-11(12-10)9-5-3-2-4-6-9/h2-7,14H,1H3/b13-8+. The van der Waals surface area contributed by atoms with Gasteiger partial charge in [0.2, 0.25) is 0 Å². The van der Waals surface area contributed by atoms with E-state index in [1.165, 1.54) is 0 Å². The average molecular weight is 218 g/mol. The molecule has 4 heteroatoms. The second-order valence-corrected chi connectivity index (χ2v) is 3.95. The van der Waals surface area contributed by atoms with Crippen molar-refractivity contribution in [1.29, 1.82) is 0 Å². The van der Waals surface area contributed by atoms with Crippen molar-refractivity contribution >= 4 is 17.0 Å². The highest BCUT2D eigenvalue weighted by molar-refractivity contribution is 7.13. The highest BCUT2D eigenvalue weighted by Gasteiger charge is 2.06. The summed E-state index contributed by atoms with van der Waals surface area (Å²) in [5.74, 6) is 0. The van der Waals surface area contributed by atoms with Crippen LogP contribution in [0.4, 0.5) is 0 Å². The Morgan fingerprint density at radius 1 is 1.33 bits per heavy atom. The van der Waals surface area contributed by atoms with Gasteiger partial charge in [-0.15, -0.1) is 11.3 Å². The van der Waals surface area contributed by atoms with Crippen LogP contribution in [-0.2, 0) is 0 Å². The first-order valence-corrected chi connectivity index (χ1v) is 5.39. The lowest BCUT2D eigenvalue weighted by atomic mass is 10.2. The number of hydrogen-bond donors (Lipinski definition) is 1. The summed E-state index contributed by atoms with van der Waals surface area (Å²) in [6, 6.07) is 9.94. The van der Waals surface area contributed by atoms with Gasteiger partial charge >= 0.3 is 0 Å². The molecule has 2 aromatic rings. The van der Waals surface area contributed by atoms with Gasteiger partial charge in [0.1, 0.15) is 10.7 Å². The highest BCUT2D eigenvalue weighted by atomic mass is 32.1. The second-order valence-electron chi connectivity index (χ2n) is 3.09. The van der Waals surface area contributed by atoms with Crippen LogP contribution in [0.3, 0.4) is 0 Å². The normalized spacial score (nSPS) is 11.7. The number of benzene rings is 1. The summed E-state index contributed by atoms with van der Waals surface area (Å²) in [4.78, 5) is 4.38. The lowest BCUT2D eigenvalue weighted by Gasteiger charge is -1.93. The fraction of sp³-hybridized carbons (Fsp3) is 0.0909. The molecule has 0 radical (unpaired) electrons. The maximum Gasteiger partial charge on any atom is 0.124 e. The summed E-state index contributed by atoms with van der Waals surface area (Å²) in [6.07, 6.45) is 0. The third kappa shape index (κ3) is 2.05. The molecule has 0 saturated carbocycles. The molecule has 1 aromatic heterocycles. The Kier molecular flexibility index (Phi) is 2.78. The topological polar surface area (TPSA) is 45.5 Å². The fourth-order valence-corrected chi connectivity index (χ4v) is 2.07. The summed E-state index contributed by atoms with van der Waals surface area (Å²) >= 11 is 1.54. The van der Waals surface area contributed by atoms with Crippen molar-refractivity contribution in [2.75, 3.05) is 0 Å². The van der Waals surface area contributed by atoms with Gasteiger partial charge in [-0.1, -0.05) is 35.5 Å². The van der Waals surface area contributed by atoms with Gasteiger partial charge in [-0.2, -0.15) is 0 Å². The van der Waals surface area contributed by atoms with Crippen LogP contribution in [-0.4, -0.2) is 15.9 Å². The van der Waals surface area contributed by atoms with Gasteiger partial charge in [0.05, 0.1) is 5.69 Å². The minimum atomic E-state index is 0.536. The van der Waals surface area contributed by atoms with Gasteiger partial charge < -0.3 is 5.21 Å². The van der Waals surface area contributed by atoms with Crippen LogP contribution in [0.1, 0.15) is 12.6 Å². The van der Waals surface area contributed by atoms with Crippen molar-refractivity contribution in [2.24, 2.45) is 5.16 Å². The molecule has 2 rings (SSSR count). The van der Waals surface area contributed by atoms with Gasteiger partial charge in [0, 0.05) is 10.9 Å². The van der Waals surface area contributed by atoms with E-state index < -0.39 is 0 Å². The molecule has 3 nitrogen and oxygen atoms in total. The van der Waals surface area contributed by atoms with Crippen LogP contribution in [0.15, 0.2) is 40.9 Å². The van der Waals surface area contributed by atoms with E-state index in [9.17, 15) is 0 Å². The minimum absolute atomic E-state index is 0.536. The van der Waals surface area contributed by atoms with Crippen LogP contribution in [0.25, 0.3) is 10.6 Å². The largest absolute Gasteiger partial charge is 0.411 e. The summed E-state index contributed by atoms with van der Waals surface area (Å²) in [5.41, 5.74) is 2.34. The van der Waals surface area contributed by atoms with E-state index in [2.05, 4.69) is 10.1 Å². The zero-order valence-electron chi connectivity index (χ0n) is 8.21. The summed E-state index contributed by atoms with van der Waals surface area (Å²) in [7, 11) is 0. The van der Waals surface area contributed by atoms with E-state index >= 15 is 0 Å². The summed E-state index contributed by atoms with van der Waals surface area (Å²) in [5, 5.41) is 14.6. The zero-order valence-corrected chi connectivity index (χ0v) is 9.03. The van der Waals surface area contributed by atoms with Gasteiger partial charge in [-0.25, -0.2) is 4.98 Å². The molecule has 1 N–H and O–H groups in total. The zero-order chi connectivity index (χ0) is 10.7. The lowest BCUT2D eigenvalue weighted by Crippen LogP contribution is -1.93. The van der Waals surface area contributed by atoms with Crippen LogP contribution in [0.5, 0.6) is 0 Å². The van der Waals surface area contributed by atoms with Crippen molar-refractivity contribution in [2.45, 2.75) is 6.92 Å². The first-order valence-electron chi connectivity index (χ1n) is 4.51. The molecule has 0 atom stereocenters. The molecular formula is C11H10N2OS. The van der Waals surface area contributed by atoms with Crippen molar-refractivity contribution in [1.82, 2.24) is 4.98 Å². The van der Waals surface area contributed by atoms with Gasteiger partial charge in [0.15, 0.2) is 0 Å². The van der Waals surface area contributed by atoms with Crippen LogP contribution in [0, 0.1) is 0 Å². The maximum atomic E-state index is 8.62. The van der Waals surface area contributed by atoms with Gasteiger partial charge in [-0.05, 0) is 6.92 Å². The van der Waals surface area contributed by atoms with Crippen LogP contribution < -0.4 is 0 Å². The third-order valence-corrected chi connectivity index (χ3v) is 2.94. The molecule has 0 amide bonds. The Hall–Kier alpha value is -1.68. The number of oxime groups is 1. The van der Waals surface area contributed by atoms with Crippen LogP contribution >= 0.6 is 11.3 Å². The summed E-state index contributed by atoms with van der Waals surface area (Å²) in [6.45, 7) is 1.73. The molecule has 0 bridgehead atoms. The molecule has 0 aliphatic carbocycles. The van der Waals surface area contributed by atoms with Crippen molar-refractivity contribution in [3.05, 3.63) is 41.4 Å². The maximum absolute atomic E-state index is 8.62. The molecule has 1 aromatic carbocycles. The number of nitrogens with zero attached hydrogens (tertiary/aromatic N) is 2. The summed E-state index contributed by atoms with van der Waals surface area (Å²) < 4.78 is 0. The van der Waals surface area contributed by atoms with Gasteiger partial charge in [0.25, 0.3) is 0 Å². The first-order chi connectivity index (χ1) is 7.31.